The van der Waals surface area contributed by atoms with Gasteiger partial charge in [-0.3, -0.25) is 4.79 Å². The number of Topliss-reactive ketones (excluding diaryl/α,β-unsaturated/α-hetero) is 1. The van der Waals surface area contributed by atoms with Crippen molar-refractivity contribution in [3.8, 4) is 0 Å². The molecule has 0 aliphatic rings. The lowest BCUT2D eigenvalue weighted by Gasteiger charge is -2.05. The Bertz CT molecular complexity index is 347. The smallest absolute Gasteiger partial charge is 0.133 e. The molecule has 0 atom stereocenters. The number of anilines is 1. The van der Waals surface area contributed by atoms with Gasteiger partial charge in [0, 0.05) is 19.0 Å². The van der Waals surface area contributed by atoms with E-state index in [9.17, 15) is 4.79 Å². The van der Waals surface area contributed by atoms with Crippen molar-refractivity contribution in [3.63, 3.8) is 0 Å². The van der Waals surface area contributed by atoms with Crippen molar-refractivity contribution < 1.29 is 4.79 Å². The number of carbonyl (C=O) groups is 1. The van der Waals surface area contributed by atoms with Crippen LogP contribution in [0.4, 0.5) is 5.82 Å². The second kappa shape index (κ2) is 5.49. The number of hydrogen-bond acceptors (Lipinski definition) is 3. The third kappa shape index (κ3) is 3.70. The first-order valence-electron chi connectivity index (χ1n) is 5.36. The summed E-state index contributed by atoms with van der Waals surface area (Å²) in [5, 5.41) is 0. The number of nitrogen functional groups attached to an aromatic ring is 1. The highest BCUT2D eigenvalue weighted by Crippen LogP contribution is 2.13. The van der Waals surface area contributed by atoms with Crippen LogP contribution in [-0.2, 0) is 11.2 Å². The average Bonchev–Trinajstić information content (AvgIpc) is 2.20. The van der Waals surface area contributed by atoms with Gasteiger partial charge in [0.1, 0.15) is 11.6 Å². The van der Waals surface area contributed by atoms with Gasteiger partial charge in [0.25, 0.3) is 0 Å². The normalized spacial score (nSPS) is 10.3. The number of aryl methyl sites for hydroxylation is 2. The van der Waals surface area contributed by atoms with Crippen LogP contribution in [0.2, 0.25) is 0 Å². The first-order chi connectivity index (χ1) is 7.13. The van der Waals surface area contributed by atoms with E-state index in [2.05, 4.69) is 4.98 Å². The molecule has 1 rings (SSSR count). The van der Waals surface area contributed by atoms with E-state index >= 15 is 0 Å². The quantitative estimate of drug-likeness (QED) is 0.804. The molecule has 0 amide bonds. The molecular formula is C12H18N2O. The summed E-state index contributed by atoms with van der Waals surface area (Å²) >= 11 is 0. The second-order valence-electron chi connectivity index (χ2n) is 3.85. The van der Waals surface area contributed by atoms with Crippen LogP contribution >= 0.6 is 0 Å². The van der Waals surface area contributed by atoms with Crippen molar-refractivity contribution in [2.75, 3.05) is 5.73 Å². The van der Waals surface area contributed by atoms with Crippen LogP contribution in [-0.4, -0.2) is 10.8 Å². The van der Waals surface area contributed by atoms with Crippen LogP contribution in [0.5, 0.6) is 0 Å². The Balaban J connectivity index is 2.57. The van der Waals surface area contributed by atoms with E-state index in [1.165, 1.54) is 0 Å². The first kappa shape index (κ1) is 11.7. The van der Waals surface area contributed by atoms with Crippen LogP contribution in [0.25, 0.3) is 0 Å². The summed E-state index contributed by atoms with van der Waals surface area (Å²) in [5.41, 5.74) is 7.80. The van der Waals surface area contributed by atoms with E-state index in [1.54, 1.807) is 6.20 Å². The van der Waals surface area contributed by atoms with Crippen molar-refractivity contribution in [3.05, 3.63) is 23.4 Å². The van der Waals surface area contributed by atoms with E-state index in [0.717, 1.165) is 17.5 Å². The molecule has 0 radical (unpaired) electrons. The molecule has 0 saturated carbocycles. The van der Waals surface area contributed by atoms with Crippen LogP contribution in [0.1, 0.15) is 37.3 Å². The Hall–Kier alpha value is -1.38. The van der Waals surface area contributed by atoms with E-state index in [4.69, 9.17) is 5.73 Å². The highest BCUT2D eigenvalue weighted by atomic mass is 16.1. The number of nitrogens with two attached hydrogens (primary N) is 1. The molecule has 3 heteroatoms. The largest absolute Gasteiger partial charge is 0.383 e. The maximum Gasteiger partial charge on any atom is 0.133 e. The van der Waals surface area contributed by atoms with Gasteiger partial charge in [0.15, 0.2) is 0 Å². The summed E-state index contributed by atoms with van der Waals surface area (Å²) in [5.74, 6) is 0.850. The molecule has 0 aliphatic heterocycles. The molecule has 1 heterocycles. The van der Waals surface area contributed by atoms with Crippen LogP contribution in [0.15, 0.2) is 12.3 Å². The predicted molar refractivity (Wildman–Crippen MR) is 61.6 cm³/mol. The topological polar surface area (TPSA) is 56.0 Å². The van der Waals surface area contributed by atoms with Crippen molar-refractivity contribution in [1.29, 1.82) is 0 Å². The number of carbonyl (C=O) groups excluding carboxylic acids is 1. The van der Waals surface area contributed by atoms with Gasteiger partial charge in [-0.1, -0.05) is 13.0 Å². The fourth-order valence-corrected chi connectivity index (χ4v) is 1.52. The lowest BCUT2D eigenvalue weighted by atomic mass is 10.0. The molecule has 82 valence electrons. The van der Waals surface area contributed by atoms with Gasteiger partial charge >= 0.3 is 0 Å². The molecule has 1 aromatic heterocycles. The third-order valence-corrected chi connectivity index (χ3v) is 2.34. The first-order valence-corrected chi connectivity index (χ1v) is 5.36. The molecule has 0 aromatic carbocycles. The van der Waals surface area contributed by atoms with Gasteiger partial charge in [0.2, 0.25) is 0 Å². The minimum atomic E-state index is 0.304. The molecule has 0 spiro atoms. The average molecular weight is 206 g/mol. The maximum atomic E-state index is 11.4. The summed E-state index contributed by atoms with van der Waals surface area (Å²) in [7, 11) is 0. The number of pyridine rings is 1. The molecule has 0 unspecified atom stereocenters. The highest BCUT2D eigenvalue weighted by Gasteiger charge is 2.05. The molecule has 0 bridgehead atoms. The van der Waals surface area contributed by atoms with Crippen molar-refractivity contribution in [2.45, 2.75) is 39.5 Å². The van der Waals surface area contributed by atoms with Crippen molar-refractivity contribution in [2.24, 2.45) is 0 Å². The minimum Gasteiger partial charge on any atom is -0.383 e. The number of ketones is 1. The van der Waals surface area contributed by atoms with Crippen LogP contribution in [0, 0.1) is 6.92 Å². The zero-order valence-corrected chi connectivity index (χ0v) is 9.42. The molecule has 2 N–H and O–H groups in total. The van der Waals surface area contributed by atoms with E-state index in [-0.39, 0.29) is 0 Å². The number of rotatable bonds is 5. The zero-order chi connectivity index (χ0) is 11.3. The van der Waals surface area contributed by atoms with Gasteiger partial charge in [-0.15, -0.1) is 0 Å². The summed E-state index contributed by atoms with van der Waals surface area (Å²) in [6, 6.07) is 2.00. The molecule has 0 fully saturated rings. The van der Waals surface area contributed by atoms with E-state index < -0.39 is 0 Å². The predicted octanol–water partition coefficient (Wildman–Crippen LogP) is 2.27. The molecule has 0 saturated heterocycles. The molecule has 15 heavy (non-hydrogen) atoms. The van der Waals surface area contributed by atoms with Crippen LogP contribution in [0.3, 0.4) is 0 Å². The number of nitrogens with zero attached hydrogens (tertiary/aromatic N) is 1. The van der Waals surface area contributed by atoms with E-state index in [1.807, 2.05) is 19.9 Å². The van der Waals surface area contributed by atoms with Gasteiger partial charge in [0.05, 0.1) is 0 Å². The summed E-state index contributed by atoms with van der Waals surface area (Å²) in [4.78, 5) is 15.4. The van der Waals surface area contributed by atoms with Gasteiger partial charge in [-0.2, -0.15) is 0 Å². The Morgan fingerprint density at radius 1 is 1.47 bits per heavy atom. The van der Waals surface area contributed by atoms with Crippen LogP contribution < -0.4 is 5.73 Å². The SMILES string of the molecule is CCCC(=O)CCc1cc(C)cnc1N. The summed E-state index contributed by atoms with van der Waals surface area (Å²) in [6.45, 7) is 3.99. The van der Waals surface area contributed by atoms with Gasteiger partial charge in [-0.05, 0) is 30.9 Å². The van der Waals surface area contributed by atoms with Crippen molar-refractivity contribution in [1.82, 2.24) is 4.98 Å². The standard InChI is InChI=1S/C12H18N2O/c1-3-4-11(15)6-5-10-7-9(2)8-14-12(10)13/h7-8H,3-6H2,1-2H3,(H2,13,14). The lowest BCUT2D eigenvalue weighted by Crippen LogP contribution is -2.03. The minimum absolute atomic E-state index is 0.304. The Morgan fingerprint density at radius 2 is 2.20 bits per heavy atom. The summed E-state index contributed by atoms with van der Waals surface area (Å²) in [6.07, 6.45) is 4.61. The van der Waals surface area contributed by atoms with Gasteiger partial charge < -0.3 is 5.73 Å². The highest BCUT2D eigenvalue weighted by molar-refractivity contribution is 5.78. The lowest BCUT2D eigenvalue weighted by molar-refractivity contribution is -0.119. The second-order valence-corrected chi connectivity index (χ2v) is 3.85. The fourth-order valence-electron chi connectivity index (χ4n) is 1.52. The van der Waals surface area contributed by atoms with E-state index in [0.29, 0.717) is 30.9 Å². The maximum absolute atomic E-state index is 11.4. The molecular weight excluding hydrogens is 188 g/mol. The van der Waals surface area contributed by atoms with Gasteiger partial charge in [-0.25, -0.2) is 4.98 Å². The molecule has 3 nitrogen and oxygen atoms in total. The number of hydrogen-bond donors (Lipinski definition) is 1. The number of aromatic nitrogens is 1. The summed E-state index contributed by atoms with van der Waals surface area (Å²) < 4.78 is 0. The molecule has 0 aliphatic carbocycles. The monoisotopic (exact) mass is 206 g/mol. The van der Waals surface area contributed by atoms with Crippen molar-refractivity contribution >= 4 is 11.6 Å². The fraction of sp³-hybridized carbons (Fsp3) is 0.500. The molecule has 1 aromatic rings. The Morgan fingerprint density at radius 3 is 2.87 bits per heavy atom. The third-order valence-electron chi connectivity index (χ3n) is 2.34. The Kier molecular flexibility index (Phi) is 4.28. The Labute approximate surface area is 90.7 Å². The zero-order valence-electron chi connectivity index (χ0n) is 9.42.